The Balaban J connectivity index is 2.66. The highest BCUT2D eigenvalue weighted by Crippen LogP contribution is 1.68. The van der Waals surface area contributed by atoms with Gasteiger partial charge in [-0.15, -0.1) is 0 Å². The van der Waals surface area contributed by atoms with Gasteiger partial charge < -0.3 is 16.0 Å². The lowest BCUT2D eigenvalue weighted by atomic mass is 10.4. The maximum Gasteiger partial charge on any atom is 0.0302 e. The van der Waals surface area contributed by atoms with Crippen LogP contribution >= 0.6 is 0 Å². The molecule has 3 N–H and O–H groups in total. The van der Waals surface area contributed by atoms with Crippen LogP contribution in [0.15, 0.2) is 0 Å². The summed E-state index contributed by atoms with van der Waals surface area (Å²) in [6.45, 7) is 2.74. The summed E-state index contributed by atoms with van der Waals surface area (Å²) in [6.07, 6.45) is 2.50. The molecule has 0 saturated heterocycles. The summed E-state index contributed by atoms with van der Waals surface area (Å²) in [5.74, 6) is 0. The second-order valence-electron chi connectivity index (χ2n) is 1.87. The molecule has 0 bridgehead atoms. The van der Waals surface area contributed by atoms with Crippen molar-refractivity contribution >= 4 is 6.21 Å². The predicted octanol–water partition coefficient (Wildman–Crippen LogP) is -0.165. The van der Waals surface area contributed by atoms with Gasteiger partial charge in [0.25, 0.3) is 0 Å². The highest BCUT2D eigenvalue weighted by Gasteiger charge is 1.81. The molecule has 0 aliphatic heterocycles. The van der Waals surface area contributed by atoms with Gasteiger partial charge in [0.15, 0.2) is 0 Å². The minimum absolute atomic E-state index is 0.698. The fourth-order valence-electron chi connectivity index (χ4n) is 0.564. The van der Waals surface area contributed by atoms with Crippen LogP contribution in [0, 0.1) is 5.41 Å². The van der Waals surface area contributed by atoms with Gasteiger partial charge in [-0.1, -0.05) is 0 Å². The monoisotopic (exact) mass is 129 g/mol. The lowest BCUT2D eigenvalue weighted by Gasteiger charge is -1.98. The Morgan fingerprint density at radius 2 is 2.22 bits per heavy atom. The van der Waals surface area contributed by atoms with E-state index in [1.54, 1.807) is 0 Å². The van der Waals surface area contributed by atoms with E-state index < -0.39 is 0 Å². The van der Waals surface area contributed by atoms with Gasteiger partial charge in [0.1, 0.15) is 0 Å². The first-order valence-corrected chi connectivity index (χ1v) is 3.26. The summed E-state index contributed by atoms with van der Waals surface area (Å²) in [4.78, 5) is 0. The maximum atomic E-state index is 6.68. The van der Waals surface area contributed by atoms with E-state index in [-0.39, 0.29) is 0 Å². The van der Waals surface area contributed by atoms with E-state index in [1.807, 2.05) is 7.05 Å². The van der Waals surface area contributed by atoms with E-state index >= 15 is 0 Å². The van der Waals surface area contributed by atoms with Crippen molar-refractivity contribution < 1.29 is 0 Å². The van der Waals surface area contributed by atoms with E-state index in [1.165, 1.54) is 6.21 Å². The summed E-state index contributed by atoms with van der Waals surface area (Å²) >= 11 is 0. The SMILES string of the molecule is CNCCCNCC=N. The van der Waals surface area contributed by atoms with Gasteiger partial charge in [-0.2, -0.15) is 0 Å². The second kappa shape index (κ2) is 7.59. The first-order chi connectivity index (χ1) is 4.41. The molecule has 0 fully saturated rings. The molecule has 3 nitrogen and oxygen atoms in total. The fourth-order valence-corrected chi connectivity index (χ4v) is 0.564. The molecule has 9 heavy (non-hydrogen) atoms. The lowest BCUT2D eigenvalue weighted by molar-refractivity contribution is 0.663. The number of nitrogens with one attached hydrogen (secondary N) is 3. The first-order valence-electron chi connectivity index (χ1n) is 3.26. The predicted molar refractivity (Wildman–Crippen MR) is 40.2 cm³/mol. The molecular formula is C6H15N3. The third-order valence-electron chi connectivity index (χ3n) is 1.03. The van der Waals surface area contributed by atoms with Gasteiger partial charge in [0.2, 0.25) is 0 Å². The Hall–Kier alpha value is -0.410. The van der Waals surface area contributed by atoms with Crippen molar-refractivity contribution in [1.29, 1.82) is 5.41 Å². The molecule has 0 aromatic rings. The van der Waals surface area contributed by atoms with Crippen molar-refractivity contribution in [2.45, 2.75) is 6.42 Å². The second-order valence-corrected chi connectivity index (χ2v) is 1.87. The molecule has 0 aromatic carbocycles. The molecule has 0 aromatic heterocycles. The Kier molecular flexibility index (Phi) is 7.24. The van der Waals surface area contributed by atoms with Crippen LogP contribution in [-0.2, 0) is 0 Å². The minimum Gasteiger partial charge on any atom is -0.320 e. The van der Waals surface area contributed by atoms with Crippen molar-refractivity contribution in [3.63, 3.8) is 0 Å². The molecule has 0 rings (SSSR count). The zero-order valence-corrected chi connectivity index (χ0v) is 5.91. The average Bonchev–Trinajstić information content (AvgIpc) is 1.89. The number of rotatable bonds is 6. The zero-order chi connectivity index (χ0) is 6.95. The standard InChI is InChI=1S/C6H15N3/c1-8-4-2-5-9-6-3-7/h3,7-9H,2,4-6H2,1H3. The van der Waals surface area contributed by atoms with Crippen molar-refractivity contribution in [3.05, 3.63) is 0 Å². The Morgan fingerprint density at radius 1 is 1.44 bits per heavy atom. The van der Waals surface area contributed by atoms with Gasteiger partial charge in [-0.25, -0.2) is 0 Å². The summed E-state index contributed by atoms with van der Waals surface area (Å²) in [5.41, 5.74) is 0. The van der Waals surface area contributed by atoms with Crippen molar-refractivity contribution in [2.75, 3.05) is 26.7 Å². The first kappa shape index (κ1) is 8.59. The van der Waals surface area contributed by atoms with Crippen molar-refractivity contribution in [1.82, 2.24) is 10.6 Å². The van der Waals surface area contributed by atoms with E-state index in [2.05, 4.69) is 10.6 Å². The average molecular weight is 129 g/mol. The summed E-state index contributed by atoms with van der Waals surface area (Å²) in [7, 11) is 1.94. The number of hydrogen-bond acceptors (Lipinski definition) is 3. The van der Waals surface area contributed by atoms with Crippen LogP contribution in [0.4, 0.5) is 0 Å². The van der Waals surface area contributed by atoms with Crippen LogP contribution < -0.4 is 10.6 Å². The van der Waals surface area contributed by atoms with Crippen LogP contribution in [0.3, 0.4) is 0 Å². The molecule has 0 radical (unpaired) electrons. The maximum absolute atomic E-state index is 6.68. The van der Waals surface area contributed by atoms with Gasteiger partial charge >= 0.3 is 0 Å². The fraction of sp³-hybridized carbons (Fsp3) is 0.833. The molecule has 0 unspecified atom stereocenters. The Bertz CT molecular complexity index is 63.3. The summed E-state index contributed by atoms with van der Waals surface area (Å²) in [5, 5.41) is 12.8. The third-order valence-corrected chi connectivity index (χ3v) is 1.03. The molecule has 0 amide bonds. The quantitative estimate of drug-likeness (QED) is 0.344. The summed E-state index contributed by atoms with van der Waals surface area (Å²) < 4.78 is 0. The molecular weight excluding hydrogens is 114 g/mol. The minimum atomic E-state index is 0.698. The van der Waals surface area contributed by atoms with Crippen LogP contribution in [-0.4, -0.2) is 32.9 Å². The highest BCUT2D eigenvalue weighted by atomic mass is 14.9. The van der Waals surface area contributed by atoms with Crippen LogP contribution in [0.1, 0.15) is 6.42 Å². The van der Waals surface area contributed by atoms with E-state index in [0.717, 1.165) is 19.5 Å². The largest absolute Gasteiger partial charge is 0.320 e. The smallest absolute Gasteiger partial charge is 0.0302 e. The van der Waals surface area contributed by atoms with E-state index in [4.69, 9.17) is 5.41 Å². The Labute approximate surface area is 56.3 Å². The molecule has 54 valence electrons. The van der Waals surface area contributed by atoms with Gasteiger partial charge in [-0.3, -0.25) is 0 Å². The topological polar surface area (TPSA) is 47.9 Å². The van der Waals surface area contributed by atoms with E-state index in [0.29, 0.717) is 6.54 Å². The van der Waals surface area contributed by atoms with Crippen LogP contribution in [0.2, 0.25) is 0 Å². The molecule has 0 atom stereocenters. The molecule has 3 heteroatoms. The Morgan fingerprint density at radius 3 is 2.78 bits per heavy atom. The highest BCUT2D eigenvalue weighted by molar-refractivity contribution is 5.55. The number of hydrogen-bond donors (Lipinski definition) is 3. The van der Waals surface area contributed by atoms with Gasteiger partial charge in [0.05, 0.1) is 0 Å². The summed E-state index contributed by atoms with van der Waals surface area (Å²) in [6, 6.07) is 0. The van der Waals surface area contributed by atoms with Crippen LogP contribution in [0.5, 0.6) is 0 Å². The molecule has 0 spiro atoms. The molecule has 0 saturated carbocycles. The van der Waals surface area contributed by atoms with E-state index in [9.17, 15) is 0 Å². The van der Waals surface area contributed by atoms with Crippen molar-refractivity contribution in [2.24, 2.45) is 0 Å². The normalized spacial score (nSPS) is 9.44. The van der Waals surface area contributed by atoms with Gasteiger partial charge in [-0.05, 0) is 26.6 Å². The third kappa shape index (κ3) is 7.59. The zero-order valence-electron chi connectivity index (χ0n) is 5.91. The molecule has 0 aliphatic carbocycles. The molecule has 0 aliphatic rings. The molecule has 0 heterocycles. The van der Waals surface area contributed by atoms with Crippen molar-refractivity contribution in [3.8, 4) is 0 Å². The van der Waals surface area contributed by atoms with Crippen LogP contribution in [0.25, 0.3) is 0 Å². The van der Waals surface area contributed by atoms with Gasteiger partial charge in [0, 0.05) is 12.8 Å². The lowest BCUT2D eigenvalue weighted by Crippen LogP contribution is -2.21.